The van der Waals surface area contributed by atoms with Crippen LogP contribution < -0.4 is 16.0 Å². The van der Waals surface area contributed by atoms with Gasteiger partial charge < -0.3 is 20.9 Å². The lowest BCUT2D eigenvalue weighted by molar-refractivity contribution is -0.142. The first-order valence-electron chi connectivity index (χ1n) is 14.7. The molecule has 0 radical (unpaired) electrons. The minimum atomic E-state index is -0.625. The average Bonchev–Trinajstić information content (AvgIpc) is 3.68. The molecule has 8 nitrogen and oxygen atoms in total. The minimum absolute atomic E-state index is 0.0770. The largest absolute Gasteiger partial charge is 0.343 e. The van der Waals surface area contributed by atoms with E-state index in [1.54, 1.807) is 18.9 Å². The maximum Gasteiger partial charge on any atom is 0.247 e. The highest BCUT2D eigenvalue weighted by atomic mass is 32.1. The number of nitrogens with zero attached hydrogens (tertiary/aromatic N) is 2. The molecule has 2 aromatic carbocycles. The van der Waals surface area contributed by atoms with E-state index < -0.39 is 18.1 Å². The summed E-state index contributed by atoms with van der Waals surface area (Å²) < 4.78 is 0. The van der Waals surface area contributed by atoms with Gasteiger partial charge in [0.15, 0.2) is 0 Å². The Balaban J connectivity index is 1.38. The zero-order valence-electron chi connectivity index (χ0n) is 23.8. The number of likely N-dealkylation sites (tertiary alicyclic amines) is 1. The molecular formula is C32H39N5O3S. The van der Waals surface area contributed by atoms with Crippen molar-refractivity contribution in [3.8, 4) is 21.8 Å². The van der Waals surface area contributed by atoms with Crippen molar-refractivity contribution in [1.29, 1.82) is 0 Å². The Bertz CT molecular complexity index is 1340. The Morgan fingerprint density at radius 2 is 1.56 bits per heavy atom. The van der Waals surface area contributed by atoms with Gasteiger partial charge in [-0.3, -0.25) is 14.4 Å². The highest BCUT2D eigenvalue weighted by molar-refractivity contribution is 7.19. The van der Waals surface area contributed by atoms with Crippen molar-refractivity contribution in [2.24, 2.45) is 5.92 Å². The van der Waals surface area contributed by atoms with Crippen LogP contribution in [0.3, 0.4) is 0 Å². The summed E-state index contributed by atoms with van der Waals surface area (Å²) in [5, 5.41) is 10.6. The fourth-order valence-electron chi connectivity index (χ4n) is 5.84. The van der Waals surface area contributed by atoms with Gasteiger partial charge in [0, 0.05) is 17.7 Å². The zero-order chi connectivity index (χ0) is 28.8. The molecule has 3 amide bonds. The van der Waals surface area contributed by atoms with Crippen molar-refractivity contribution in [2.75, 3.05) is 18.9 Å². The Hall–Kier alpha value is -3.56. The Morgan fingerprint density at radius 1 is 0.902 bits per heavy atom. The van der Waals surface area contributed by atoms with Gasteiger partial charge in [-0.15, -0.1) is 0 Å². The number of nitrogens with one attached hydrogen (secondary N) is 3. The van der Waals surface area contributed by atoms with Crippen LogP contribution >= 0.6 is 11.3 Å². The fraction of sp³-hybridized carbons (Fsp3) is 0.438. The van der Waals surface area contributed by atoms with Crippen LogP contribution in [0.15, 0.2) is 60.7 Å². The molecule has 1 aromatic heterocycles. The van der Waals surface area contributed by atoms with Gasteiger partial charge in [-0.2, -0.15) is 0 Å². The summed E-state index contributed by atoms with van der Waals surface area (Å²) in [4.78, 5) is 47.3. The third-order valence-corrected chi connectivity index (χ3v) is 9.30. The molecule has 1 aliphatic carbocycles. The molecule has 3 atom stereocenters. The molecule has 1 saturated carbocycles. The van der Waals surface area contributed by atoms with E-state index >= 15 is 0 Å². The van der Waals surface area contributed by atoms with E-state index in [-0.39, 0.29) is 23.6 Å². The number of amides is 3. The summed E-state index contributed by atoms with van der Waals surface area (Å²) in [6.07, 6.45) is 6.38. The number of hydrogen-bond donors (Lipinski definition) is 3. The smallest absolute Gasteiger partial charge is 0.247 e. The van der Waals surface area contributed by atoms with Gasteiger partial charge >= 0.3 is 0 Å². The number of aromatic nitrogens is 1. The molecule has 0 bridgehead atoms. The first-order valence-corrected chi connectivity index (χ1v) is 15.5. The van der Waals surface area contributed by atoms with Crippen molar-refractivity contribution >= 4 is 34.1 Å². The molecule has 2 heterocycles. The van der Waals surface area contributed by atoms with Crippen LogP contribution in [-0.4, -0.2) is 59.3 Å². The normalized spacial score (nSPS) is 19.0. The van der Waals surface area contributed by atoms with Crippen LogP contribution in [0.4, 0.5) is 5.00 Å². The number of hydrogen-bond acceptors (Lipinski definition) is 6. The SMILES string of the molecule is CN[C@@H](C)C(=O)N[C@H](C(=O)N1CCC[C@H]1C(=O)Nc1sc(-c2ccccc2)nc1-c1ccccc1)C1CCCCC1. The molecule has 0 unspecified atom stereocenters. The highest BCUT2D eigenvalue weighted by Gasteiger charge is 2.41. The first kappa shape index (κ1) is 29.0. The monoisotopic (exact) mass is 573 g/mol. The van der Waals surface area contributed by atoms with Gasteiger partial charge in [-0.1, -0.05) is 91.3 Å². The molecule has 2 fully saturated rings. The lowest BCUT2D eigenvalue weighted by Crippen LogP contribution is -2.57. The fourth-order valence-corrected chi connectivity index (χ4v) is 6.83. The summed E-state index contributed by atoms with van der Waals surface area (Å²) in [5.41, 5.74) is 2.61. The quantitative estimate of drug-likeness (QED) is 0.331. The molecule has 3 N–H and O–H groups in total. The van der Waals surface area contributed by atoms with E-state index in [9.17, 15) is 14.4 Å². The number of carbonyl (C=O) groups is 3. The second-order valence-corrected chi connectivity index (χ2v) is 12.0. The van der Waals surface area contributed by atoms with Crippen molar-refractivity contribution in [3.63, 3.8) is 0 Å². The van der Waals surface area contributed by atoms with Crippen molar-refractivity contribution < 1.29 is 14.4 Å². The molecule has 0 spiro atoms. The topological polar surface area (TPSA) is 103 Å². The number of anilines is 1. The molecule has 3 aromatic rings. The molecule has 2 aliphatic rings. The Morgan fingerprint density at radius 3 is 2.22 bits per heavy atom. The maximum absolute atomic E-state index is 14.0. The molecular weight excluding hydrogens is 534 g/mol. The lowest BCUT2D eigenvalue weighted by Gasteiger charge is -2.35. The summed E-state index contributed by atoms with van der Waals surface area (Å²) in [6, 6.07) is 18.1. The van der Waals surface area contributed by atoms with Gasteiger partial charge in [0.25, 0.3) is 0 Å². The van der Waals surface area contributed by atoms with Gasteiger partial charge in [0.05, 0.1) is 6.04 Å². The van der Waals surface area contributed by atoms with E-state index in [2.05, 4.69) is 16.0 Å². The first-order chi connectivity index (χ1) is 20.0. The van der Waals surface area contributed by atoms with Gasteiger partial charge in [0.1, 0.15) is 27.8 Å². The van der Waals surface area contributed by atoms with Gasteiger partial charge in [0.2, 0.25) is 17.7 Å². The van der Waals surface area contributed by atoms with E-state index in [1.807, 2.05) is 60.7 Å². The summed E-state index contributed by atoms with van der Waals surface area (Å²) in [6.45, 7) is 2.29. The van der Waals surface area contributed by atoms with E-state index in [4.69, 9.17) is 4.98 Å². The summed E-state index contributed by atoms with van der Waals surface area (Å²) >= 11 is 1.44. The molecule has 1 aliphatic heterocycles. The van der Waals surface area contributed by atoms with Gasteiger partial charge in [-0.25, -0.2) is 4.98 Å². The Kier molecular flexibility index (Phi) is 9.46. The third-order valence-electron chi connectivity index (χ3n) is 8.28. The number of rotatable bonds is 9. The molecule has 5 rings (SSSR count). The highest BCUT2D eigenvalue weighted by Crippen LogP contribution is 2.38. The lowest BCUT2D eigenvalue weighted by atomic mass is 9.83. The number of thiazole rings is 1. The molecule has 1 saturated heterocycles. The maximum atomic E-state index is 14.0. The molecule has 9 heteroatoms. The second kappa shape index (κ2) is 13.4. The standard InChI is InChI=1S/C32H39N5O3S/c1-21(33-2)28(38)34-27(23-15-8-4-9-16-23)32(40)37-20-12-19-25(37)29(39)36-31-26(22-13-6-3-7-14-22)35-30(41-31)24-17-10-5-11-18-24/h3,5-7,10-11,13-14,17-18,21,23,25,27,33H,4,8-9,12,15-16,19-20H2,1-2H3,(H,34,38)(H,36,39)/t21-,25-,27-/m0/s1. The third kappa shape index (κ3) is 6.68. The van der Waals surface area contributed by atoms with Crippen LogP contribution in [0.1, 0.15) is 51.9 Å². The predicted molar refractivity (Wildman–Crippen MR) is 163 cm³/mol. The molecule has 216 valence electrons. The Labute approximate surface area is 245 Å². The number of benzene rings is 2. The van der Waals surface area contributed by atoms with Crippen LogP contribution in [0.25, 0.3) is 21.8 Å². The van der Waals surface area contributed by atoms with Crippen LogP contribution in [0, 0.1) is 5.92 Å². The van der Waals surface area contributed by atoms with Crippen molar-refractivity contribution in [1.82, 2.24) is 20.5 Å². The van der Waals surface area contributed by atoms with Crippen molar-refractivity contribution in [2.45, 2.75) is 70.0 Å². The number of likely N-dealkylation sites (N-methyl/N-ethyl adjacent to an activating group) is 1. The number of carbonyl (C=O) groups excluding carboxylic acids is 3. The summed E-state index contributed by atoms with van der Waals surface area (Å²) in [7, 11) is 1.73. The van der Waals surface area contributed by atoms with Crippen LogP contribution in [0.5, 0.6) is 0 Å². The second-order valence-electron chi connectivity index (χ2n) is 11.0. The van der Waals surface area contributed by atoms with E-state index in [1.165, 1.54) is 11.3 Å². The summed E-state index contributed by atoms with van der Waals surface area (Å²) in [5.74, 6) is -0.479. The van der Waals surface area contributed by atoms with Crippen LogP contribution in [0.2, 0.25) is 0 Å². The average molecular weight is 574 g/mol. The predicted octanol–water partition coefficient (Wildman–Crippen LogP) is 5.08. The minimum Gasteiger partial charge on any atom is -0.343 e. The van der Waals surface area contributed by atoms with Gasteiger partial charge in [-0.05, 0) is 45.6 Å². The molecule has 41 heavy (non-hydrogen) atoms. The zero-order valence-corrected chi connectivity index (χ0v) is 24.6. The van der Waals surface area contributed by atoms with E-state index in [0.717, 1.165) is 54.7 Å². The van der Waals surface area contributed by atoms with E-state index in [0.29, 0.717) is 23.7 Å². The van der Waals surface area contributed by atoms with Crippen molar-refractivity contribution in [3.05, 3.63) is 60.7 Å². The van der Waals surface area contributed by atoms with Crippen LogP contribution in [-0.2, 0) is 14.4 Å².